The average Bonchev–Trinajstić information content (AvgIpc) is 3.13. The molecular formula is C17H20NO8P. The molecule has 5 atom stereocenters. The lowest BCUT2D eigenvalue weighted by atomic mass is 10.0. The number of benzene rings is 1. The molecule has 146 valence electrons. The number of rotatable bonds is 6. The van der Waals surface area contributed by atoms with Crippen molar-refractivity contribution in [1.29, 1.82) is 0 Å². The van der Waals surface area contributed by atoms with Crippen LogP contribution in [0.4, 0.5) is 0 Å². The summed E-state index contributed by atoms with van der Waals surface area (Å²) in [6, 6.07) is 9.01. The Hall–Kier alpha value is -1.58. The first-order valence-corrected chi connectivity index (χ1v) is 9.85. The maximum Gasteiger partial charge on any atom is 0.472 e. The van der Waals surface area contributed by atoms with E-state index in [-0.39, 0.29) is 18.8 Å². The number of pyridine rings is 1. The lowest BCUT2D eigenvalue weighted by molar-refractivity contribution is -0.190. The molecule has 3 heterocycles. The summed E-state index contributed by atoms with van der Waals surface area (Å²) in [4.78, 5) is 22.7. The van der Waals surface area contributed by atoms with E-state index in [1.807, 2.05) is 12.1 Å². The number of aromatic nitrogens is 1. The molecule has 2 unspecified atom stereocenters. The Kier molecular flexibility index (Phi) is 4.72. The third-order valence-electron chi connectivity index (χ3n) is 4.95. The molecule has 9 nitrogen and oxygen atoms in total. The van der Waals surface area contributed by atoms with Crippen molar-refractivity contribution < 1.29 is 32.7 Å². The van der Waals surface area contributed by atoms with Gasteiger partial charge in [0.25, 0.3) is 5.56 Å². The van der Waals surface area contributed by atoms with Gasteiger partial charge in [-0.05, 0) is 17.5 Å². The number of nitrogens with zero attached hydrogens (tertiary/aromatic N) is 1. The second-order valence-electron chi connectivity index (χ2n) is 6.57. The van der Waals surface area contributed by atoms with Crippen LogP contribution in [0.25, 0.3) is 10.8 Å². The standard InChI is InChI=1S/C17H20NO8P/c1-22-9-17-10-24-13(14(17)26-27(20,21)23-2)16(25-17)18-8-7-11-5-3-4-6-12(11)15(18)19/h3-8,13-14,16H,9-10H2,1-2H3,(H,20,21)/t13?,14-,16-,17+/m0/s1. The highest BCUT2D eigenvalue weighted by Crippen LogP contribution is 2.54. The Morgan fingerprint density at radius 3 is 2.85 bits per heavy atom. The van der Waals surface area contributed by atoms with E-state index in [2.05, 4.69) is 4.52 Å². The summed E-state index contributed by atoms with van der Waals surface area (Å²) in [5, 5.41) is 1.34. The predicted octanol–water partition coefficient (Wildman–Crippen LogP) is 1.45. The maximum absolute atomic E-state index is 12.9. The number of hydrogen-bond donors (Lipinski definition) is 1. The molecule has 0 amide bonds. The fraction of sp³-hybridized carbons (Fsp3) is 0.471. The molecule has 27 heavy (non-hydrogen) atoms. The van der Waals surface area contributed by atoms with Gasteiger partial charge in [0.05, 0.1) is 13.2 Å². The molecular weight excluding hydrogens is 377 g/mol. The highest BCUT2D eigenvalue weighted by Gasteiger charge is 2.64. The van der Waals surface area contributed by atoms with Crippen LogP contribution >= 0.6 is 7.82 Å². The Morgan fingerprint density at radius 2 is 2.11 bits per heavy atom. The van der Waals surface area contributed by atoms with Gasteiger partial charge in [-0.25, -0.2) is 4.57 Å². The van der Waals surface area contributed by atoms with E-state index in [1.54, 1.807) is 24.4 Å². The molecule has 1 N–H and O–H groups in total. The van der Waals surface area contributed by atoms with Gasteiger partial charge in [-0.2, -0.15) is 0 Å². The van der Waals surface area contributed by atoms with E-state index in [0.29, 0.717) is 5.39 Å². The Morgan fingerprint density at radius 1 is 1.33 bits per heavy atom. The van der Waals surface area contributed by atoms with Gasteiger partial charge in [0.15, 0.2) is 6.23 Å². The van der Waals surface area contributed by atoms with Gasteiger partial charge in [-0.3, -0.25) is 18.4 Å². The Balaban J connectivity index is 1.75. The Bertz CT molecular complexity index is 961. The van der Waals surface area contributed by atoms with E-state index in [4.69, 9.17) is 18.7 Å². The van der Waals surface area contributed by atoms with E-state index >= 15 is 0 Å². The van der Waals surface area contributed by atoms with Crippen LogP contribution in [0, 0.1) is 0 Å². The van der Waals surface area contributed by atoms with Crippen molar-refractivity contribution in [2.75, 3.05) is 27.4 Å². The minimum absolute atomic E-state index is 0.0662. The van der Waals surface area contributed by atoms with Gasteiger partial charge in [0.2, 0.25) is 0 Å². The van der Waals surface area contributed by atoms with Gasteiger partial charge >= 0.3 is 7.82 Å². The molecule has 2 aliphatic heterocycles. The van der Waals surface area contributed by atoms with Crippen LogP contribution in [-0.2, 0) is 27.8 Å². The number of methoxy groups -OCH3 is 1. The van der Waals surface area contributed by atoms with E-state index in [0.717, 1.165) is 12.5 Å². The van der Waals surface area contributed by atoms with Crippen molar-refractivity contribution in [3.8, 4) is 0 Å². The third kappa shape index (κ3) is 3.05. The second kappa shape index (κ2) is 6.79. The van der Waals surface area contributed by atoms with Crippen LogP contribution in [0.5, 0.6) is 0 Å². The van der Waals surface area contributed by atoms with Crippen LogP contribution in [0.3, 0.4) is 0 Å². The molecule has 0 radical (unpaired) electrons. The van der Waals surface area contributed by atoms with Crippen molar-refractivity contribution in [1.82, 2.24) is 4.57 Å². The van der Waals surface area contributed by atoms with Crippen molar-refractivity contribution >= 4 is 18.6 Å². The summed E-state index contributed by atoms with van der Waals surface area (Å²) in [5.41, 5.74) is -1.37. The number of fused-ring (bicyclic) bond motifs is 3. The fourth-order valence-corrected chi connectivity index (χ4v) is 4.40. The van der Waals surface area contributed by atoms with Crippen molar-refractivity contribution in [2.24, 2.45) is 0 Å². The second-order valence-corrected chi connectivity index (χ2v) is 8.09. The molecule has 1 aromatic heterocycles. The molecule has 2 fully saturated rings. The number of ether oxygens (including phenoxy) is 3. The number of phosphoric acid groups is 1. The lowest BCUT2D eigenvalue weighted by Crippen LogP contribution is -2.45. The minimum atomic E-state index is -4.30. The third-order valence-corrected chi connectivity index (χ3v) is 5.91. The van der Waals surface area contributed by atoms with Gasteiger partial charge in [-0.15, -0.1) is 0 Å². The smallest absolute Gasteiger partial charge is 0.381 e. The van der Waals surface area contributed by atoms with Crippen molar-refractivity contribution in [2.45, 2.75) is 24.0 Å². The summed E-state index contributed by atoms with van der Waals surface area (Å²) < 4.78 is 40.3. The fourth-order valence-electron chi connectivity index (χ4n) is 3.71. The quantitative estimate of drug-likeness (QED) is 0.731. The van der Waals surface area contributed by atoms with Crippen LogP contribution in [0.2, 0.25) is 0 Å². The summed E-state index contributed by atoms with van der Waals surface area (Å²) in [5.74, 6) is 0. The zero-order chi connectivity index (χ0) is 19.2. The molecule has 2 saturated heterocycles. The van der Waals surface area contributed by atoms with Crippen molar-refractivity contribution in [3.63, 3.8) is 0 Å². The molecule has 0 saturated carbocycles. The molecule has 2 aromatic rings. The monoisotopic (exact) mass is 397 g/mol. The number of hydrogen-bond acceptors (Lipinski definition) is 7. The summed E-state index contributed by atoms with van der Waals surface area (Å²) in [6.45, 7) is 0.176. The molecule has 2 bridgehead atoms. The highest BCUT2D eigenvalue weighted by atomic mass is 31.2. The van der Waals surface area contributed by atoms with Gasteiger partial charge in [-0.1, -0.05) is 18.2 Å². The van der Waals surface area contributed by atoms with E-state index < -0.39 is 31.9 Å². The van der Waals surface area contributed by atoms with Crippen LogP contribution in [0.1, 0.15) is 6.23 Å². The first-order valence-electron chi connectivity index (χ1n) is 8.36. The van der Waals surface area contributed by atoms with Crippen LogP contribution < -0.4 is 5.56 Å². The van der Waals surface area contributed by atoms with Gasteiger partial charge in [0, 0.05) is 25.8 Å². The zero-order valence-electron chi connectivity index (χ0n) is 14.8. The maximum atomic E-state index is 12.9. The van der Waals surface area contributed by atoms with Gasteiger partial charge < -0.3 is 19.1 Å². The molecule has 1 aromatic carbocycles. The van der Waals surface area contributed by atoms with Crippen LogP contribution in [0.15, 0.2) is 41.3 Å². The molecule has 10 heteroatoms. The average molecular weight is 397 g/mol. The Labute approximate surface area is 155 Å². The largest absolute Gasteiger partial charge is 0.472 e. The summed E-state index contributed by atoms with van der Waals surface area (Å²) in [6.07, 6.45) is -0.912. The van der Waals surface area contributed by atoms with Crippen molar-refractivity contribution in [3.05, 3.63) is 46.9 Å². The zero-order valence-corrected chi connectivity index (χ0v) is 15.7. The SMILES string of the molecule is COC[C@]12COC([C@@H](n3ccc4ccccc4c3=O)O1)[C@@H]2OP(=O)(O)OC. The molecule has 0 spiro atoms. The molecule has 4 rings (SSSR count). The number of phosphoric ester groups is 1. The van der Waals surface area contributed by atoms with E-state index in [9.17, 15) is 14.3 Å². The van der Waals surface area contributed by atoms with Gasteiger partial charge in [0.1, 0.15) is 17.8 Å². The minimum Gasteiger partial charge on any atom is -0.381 e. The summed E-state index contributed by atoms with van der Waals surface area (Å²) in [7, 11) is -1.74. The molecule has 0 aliphatic carbocycles. The van der Waals surface area contributed by atoms with E-state index in [1.165, 1.54) is 11.7 Å². The highest BCUT2D eigenvalue weighted by molar-refractivity contribution is 7.47. The first-order chi connectivity index (χ1) is 12.9. The van der Waals surface area contributed by atoms with Crippen LogP contribution in [-0.4, -0.2) is 54.7 Å². The topological polar surface area (TPSA) is 105 Å². The molecule has 2 aliphatic rings. The normalized spacial score (nSPS) is 32.0. The predicted molar refractivity (Wildman–Crippen MR) is 94.4 cm³/mol. The lowest BCUT2D eigenvalue weighted by Gasteiger charge is -2.31. The first kappa shape index (κ1) is 18.8. The summed E-state index contributed by atoms with van der Waals surface area (Å²) >= 11 is 0.